The molecule has 1 atom stereocenters. The molecular weight excluding hydrogens is 226 g/mol. The first-order chi connectivity index (χ1) is 8.44. The standard InChI is InChI=1S/C14H25N3O/c1-5-8-17-9-6-7-12(17)13(18)16-14(4,10-15)11(2)3/h6-7,9,11H,5,8,10,15H2,1-4H3,(H,16,18). The van der Waals surface area contributed by atoms with Crippen LogP contribution in [0.3, 0.4) is 0 Å². The number of aryl methyl sites for hydroxylation is 1. The molecule has 0 radical (unpaired) electrons. The van der Waals surface area contributed by atoms with E-state index in [0.717, 1.165) is 13.0 Å². The highest BCUT2D eigenvalue weighted by molar-refractivity contribution is 5.93. The molecule has 1 aromatic rings. The van der Waals surface area contributed by atoms with E-state index in [2.05, 4.69) is 26.1 Å². The van der Waals surface area contributed by atoms with Gasteiger partial charge in [0.1, 0.15) is 5.69 Å². The van der Waals surface area contributed by atoms with Crippen molar-refractivity contribution < 1.29 is 4.79 Å². The van der Waals surface area contributed by atoms with Crippen LogP contribution in [0.2, 0.25) is 0 Å². The Kier molecular flexibility index (Phi) is 4.96. The van der Waals surface area contributed by atoms with Crippen LogP contribution in [0.15, 0.2) is 18.3 Å². The number of nitrogens with zero attached hydrogens (tertiary/aromatic N) is 1. The zero-order chi connectivity index (χ0) is 13.8. The Bertz CT molecular complexity index is 397. The predicted octanol–water partition coefficient (Wildman–Crippen LogP) is 2.00. The van der Waals surface area contributed by atoms with Crippen molar-refractivity contribution in [3.05, 3.63) is 24.0 Å². The SMILES string of the molecule is CCCn1cccc1C(=O)NC(C)(CN)C(C)C. The van der Waals surface area contributed by atoms with Gasteiger partial charge in [0.25, 0.3) is 5.91 Å². The quantitative estimate of drug-likeness (QED) is 0.812. The summed E-state index contributed by atoms with van der Waals surface area (Å²) in [4.78, 5) is 12.3. The van der Waals surface area contributed by atoms with Gasteiger partial charge in [-0.25, -0.2) is 0 Å². The summed E-state index contributed by atoms with van der Waals surface area (Å²) in [7, 11) is 0. The molecule has 0 aliphatic heterocycles. The fourth-order valence-electron chi connectivity index (χ4n) is 1.81. The molecule has 0 spiro atoms. The molecule has 1 unspecified atom stereocenters. The monoisotopic (exact) mass is 251 g/mol. The second-order valence-electron chi connectivity index (χ2n) is 5.32. The van der Waals surface area contributed by atoms with Crippen LogP contribution in [0.5, 0.6) is 0 Å². The minimum atomic E-state index is -0.363. The van der Waals surface area contributed by atoms with Crippen LogP contribution in [0.1, 0.15) is 44.6 Å². The smallest absolute Gasteiger partial charge is 0.268 e. The van der Waals surface area contributed by atoms with Gasteiger partial charge in [-0.15, -0.1) is 0 Å². The predicted molar refractivity (Wildman–Crippen MR) is 74.5 cm³/mol. The van der Waals surface area contributed by atoms with E-state index >= 15 is 0 Å². The number of nitrogens with one attached hydrogen (secondary N) is 1. The van der Waals surface area contributed by atoms with Crippen LogP contribution in [-0.4, -0.2) is 22.6 Å². The molecule has 0 aromatic carbocycles. The summed E-state index contributed by atoms with van der Waals surface area (Å²) in [6.45, 7) is 9.51. The molecule has 4 heteroatoms. The first-order valence-corrected chi connectivity index (χ1v) is 6.62. The van der Waals surface area contributed by atoms with Crippen LogP contribution >= 0.6 is 0 Å². The summed E-state index contributed by atoms with van der Waals surface area (Å²) in [6, 6.07) is 3.75. The molecule has 1 rings (SSSR count). The number of carbonyl (C=O) groups is 1. The molecular formula is C14H25N3O. The van der Waals surface area contributed by atoms with Crippen LogP contribution in [0, 0.1) is 5.92 Å². The molecule has 1 heterocycles. The number of hydrogen-bond acceptors (Lipinski definition) is 2. The highest BCUT2D eigenvalue weighted by atomic mass is 16.2. The van der Waals surface area contributed by atoms with E-state index in [1.807, 2.05) is 29.8 Å². The van der Waals surface area contributed by atoms with Crippen molar-refractivity contribution in [2.75, 3.05) is 6.54 Å². The Morgan fingerprint density at radius 2 is 2.22 bits per heavy atom. The molecule has 0 aliphatic carbocycles. The van der Waals surface area contributed by atoms with Crippen LogP contribution < -0.4 is 11.1 Å². The summed E-state index contributed by atoms with van der Waals surface area (Å²) in [5.41, 5.74) is 6.13. The minimum absolute atomic E-state index is 0.0462. The lowest BCUT2D eigenvalue weighted by molar-refractivity contribution is 0.0873. The van der Waals surface area contributed by atoms with Crippen molar-refractivity contribution in [2.24, 2.45) is 11.7 Å². The Labute approximate surface area is 110 Å². The molecule has 0 bridgehead atoms. The molecule has 3 N–H and O–H groups in total. The Morgan fingerprint density at radius 3 is 2.72 bits per heavy atom. The lowest BCUT2D eigenvalue weighted by Crippen LogP contribution is -2.55. The van der Waals surface area contributed by atoms with Crippen molar-refractivity contribution in [1.82, 2.24) is 9.88 Å². The largest absolute Gasteiger partial charge is 0.344 e. The van der Waals surface area contributed by atoms with Crippen molar-refractivity contribution >= 4 is 5.91 Å². The van der Waals surface area contributed by atoms with E-state index in [1.54, 1.807) is 0 Å². The first kappa shape index (κ1) is 14.8. The number of rotatable bonds is 6. The van der Waals surface area contributed by atoms with Gasteiger partial charge in [-0.1, -0.05) is 20.8 Å². The lowest BCUT2D eigenvalue weighted by Gasteiger charge is -2.33. The van der Waals surface area contributed by atoms with Crippen LogP contribution in [0.25, 0.3) is 0 Å². The third-order valence-corrected chi connectivity index (χ3v) is 3.62. The van der Waals surface area contributed by atoms with Crippen LogP contribution in [0.4, 0.5) is 0 Å². The molecule has 0 saturated heterocycles. The van der Waals surface area contributed by atoms with Crippen molar-refractivity contribution in [3.63, 3.8) is 0 Å². The van der Waals surface area contributed by atoms with E-state index in [-0.39, 0.29) is 11.4 Å². The summed E-state index contributed by atoms with van der Waals surface area (Å²) in [6.07, 6.45) is 2.95. The maximum Gasteiger partial charge on any atom is 0.268 e. The number of carbonyl (C=O) groups excluding carboxylic acids is 1. The van der Waals surface area contributed by atoms with E-state index in [1.165, 1.54) is 0 Å². The molecule has 0 aliphatic rings. The van der Waals surface area contributed by atoms with Gasteiger partial charge in [0.05, 0.1) is 5.54 Å². The Hall–Kier alpha value is -1.29. The number of nitrogens with two attached hydrogens (primary N) is 1. The third kappa shape index (κ3) is 3.13. The lowest BCUT2D eigenvalue weighted by atomic mass is 9.88. The average molecular weight is 251 g/mol. The average Bonchev–Trinajstić information content (AvgIpc) is 2.77. The topological polar surface area (TPSA) is 60.0 Å². The number of aromatic nitrogens is 1. The molecule has 102 valence electrons. The van der Waals surface area contributed by atoms with Crippen molar-refractivity contribution in [2.45, 2.75) is 46.2 Å². The van der Waals surface area contributed by atoms with Gasteiger partial charge in [-0.3, -0.25) is 4.79 Å². The molecule has 0 fully saturated rings. The summed E-state index contributed by atoms with van der Waals surface area (Å²) < 4.78 is 1.98. The van der Waals surface area contributed by atoms with Gasteiger partial charge in [0, 0.05) is 19.3 Å². The molecule has 18 heavy (non-hydrogen) atoms. The zero-order valence-corrected chi connectivity index (χ0v) is 11.9. The fourth-order valence-corrected chi connectivity index (χ4v) is 1.81. The first-order valence-electron chi connectivity index (χ1n) is 6.62. The molecule has 1 aromatic heterocycles. The van der Waals surface area contributed by atoms with Crippen molar-refractivity contribution in [3.8, 4) is 0 Å². The van der Waals surface area contributed by atoms with E-state index in [0.29, 0.717) is 18.2 Å². The fraction of sp³-hybridized carbons (Fsp3) is 0.643. The third-order valence-electron chi connectivity index (χ3n) is 3.62. The number of hydrogen-bond donors (Lipinski definition) is 2. The second-order valence-corrected chi connectivity index (χ2v) is 5.32. The van der Waals surface area contributed by atoms with Crippen LogP contribution in [-0.2, 0) is 6.54 Å². The maximum absolute atomic E-state index is 12.3. The molecule has 4 nitrogen and oxygen atoms in total. The Morgan fingerprint density at radius 1 is 1.56 bits per heavy atom. The highest BCUT2D eigenvalue weighted by Gasteiger charge is 2.29. The second kappa shape index (κ2) is 6.05. The highest BCUT2D eigenvalue weighted by Crippen LogP contribution is 2.16. The van der Waals surface area contributed by atoms with E-state index < -0.39 is 0 Å². The maximum atomic E-state index is 12.3. The van der Waals surface area contributed by atoms with E-state index in [4.69, 9.17) is 5.73 Å². The van der Waals surface area contributed by atoms with Gasteiger partial charge >= 0.3 is 0 Å². The Balaban J connectivity index is 2.84. The van der Waals surface area contributed by atoms with Gasteiger partial charge in [0.2, 0.25) is 0 Å². The molecule has 1 amide bonds. The summed E-state index contributed by atoms with van der Waals surface area (Å²) in [5.74, 6) is 0.246. The zero-order valence-electron chi connectivity index (χ0n) is 11.9. The summed E-state index contributed by atoms with van der Waals surface area (Å²) >= 11 is 0. The van der Waals surface area contributed by atoms with Gasteiger partial charge < -0.3 is 15.6 Å². The summed E-state index contributed by atoms with van der Waals surface area (Å²) in [5, 5.41) is 3.06. The van der Waals surface area contributed by atoms with Gasteiger partial charge in [-0.2, -0.15) is 0 Å². The molecule has 0 saturated carbocycles. The normalized spacial score (nSPS) is 14.6. The van der Waals surface area contributed by atoms with Crippen molar-refractivity contribution in [1.29, 1.82) is 0 Å². The minimum Gasteiger partial charge on any atom is -0.344 e. The number of amides is 1. The van der Waals surface area contributed by atoms with E-state index in [9.17, 15) is 4.79 Å². The van der Waals surface area contributed by atoms with Gasteiger partial charge in [0.15, 0.2) is 0 Å². The van der Waals surface area contributed by atoms with Gasteiger partial charge in [-0.05, 0) is 31.4 Å².